The molecule has 12 heavy (non-hydrogen) atoms. The molecule has 3 aliphatic rings. The minimum absolute atomic E-state index is 0.794. The minimum Gasteiger partial charge on any atom is -0.315 e. The minimum atomic E-state index is 0.794. The summed E-state index contributed by atoms with van der Waals surface area (Å²) in [5.41, 5.74) is 0. The van der Waals surface area contributed by atoms with Crippen molar-refractivity contribution in [1.29, 1.82) is 0 Å². The molecule has 1 unspecified atom stereocenters. The summed E-state index contributed by atoms with van der Waals surface area (Å²) in [4.78, 5) is 2.57. The van der Waals surface area contributed by atoms with Crippen LogP contribution in [0, 0.1) is 5.92 Å². The van der Waals surface area contributed by atoms with Crippen molar-refractivity contribution in [2.24, 2.45) is 5.92 Å². The summed E-state index contributed by atoms with van der Waals surface area (Å²) in [5.74, 6) is 0.981. The lowest BCUT2D eigenvalue weighted by atomic mass is 9.84. The fourth-order valence-electron chi connectivity index (χ4n) is 2.29. The van der Waals surface area contributed by atoms with E-state index < -0.39 is 0 Å². The number of fused-ring (bicyclic) bond motifs is 3. The van der Waals surface area contributed by atoms with Crippen LogP contribution in [0.15, 0.2) is 0 Å². The Balaban J connectivity index is 0.000000336. The van der Waals surface area contributed by atoms with Gasteiger partial charge in [-0.1, -0.05) is 13.8 Å². The Labute approximate surface area is 76.3 Å². The average molecular weight is 170 g/mol. The lowest BCUT2D eigenvalue weighted by molar-refractivity contribution is 0.0764. The van der Waals surface area contributed by atoms with Gasteiger partial charge in [-0.3, -0.25) is 0 Å². The highest BCUT2D eigenvalue weighted by atomic mass is 15.2. The zero-order valence-electron chi connectivity index (χ0n) is 8.64. The molecule has 3 rings (SSSR count). The molecule has 2 bridgehead atoms. The molecule has 72 valence electrons. The van der Waals surface area contributed by atoms with E-state index in [0.717, 1.165) is 12.0 Å². The standard InChI is InChI=1S/C8H16N2.C2H6/c1-9-8-6-10-4-2-7(8)3-5-10;1-2/h7-9H,2-6H2,1H3;1-2H3. The predicted molar refractivity (Wildman–Crippen MR) is 53.4 cm³/mol. The highest BCUT2D eigenvalue weighted by molar-refractivity contribution is 4.89. The third kappa shape index (κ3) is 1.99. The summed E-state index contributed by atoms with van der Waals surface area (Å²) in [6.45, 7) is 7.99. The number of piperidine rings is 3. The van der Waals surface area contributed by atoms with Gasteiger partial charge in [-0.15, -0.1) is 0 Å². The average Bonchev–Trinajstić information content (AvgIpc) is 2.22. The summed E-state index contributed by atoms with van der Waals surface area (Å²) < 4.78 is 0. The van der Waals surface area contributed by atoms with E-state index in [1.807, 2.05) is 13.8 Å². The first-order valence-corrected chi connectivity index (χ1v) is 5.30. The summed E-state index contributed by atoms with van der Waals surface area (Å²) in [6, 6.07) is 0.794. The van der Waals surface area contributed by atoms with E-state index >= 15 is 0 Å². The summed E-state index contributed by atoms with van der Waals surface area (Å²) in [5, 5.41) is 3.39. The highest BCUT2D eigenvalue weighted by Crippen LogP contribution is 2.26. The van der Waals surface area contributed by atoms with Crippen LogP contribution in [-0.2, 0) is 0 Å². The number of hydrogen-bond acceptors (Lipinski definition) is 2. The van der Waals surface area contributed by atoms with Gasteiger partial charge in [-0.2, -0.15) is 0 Å². The number of nitrogens with one attached hydrogen (secondary N) is 1. The fraction of sp³-hybridized carbons (Fsp3) is 1.00. The van der Waals surface area contributed by atoms with Crippen molar-refractivity contribution >= 4 is 0 Å². The Kier molecular flexibility index (Phi) is 4.02. The maximum Gasteiger partial charge on any atom is 0.0221 e. The zero-order chi connectivity index (χ0) is 8.97. The van der Waals surface area contributed by atoms with Gasteiger partial charge in [0.15, 0.2) is 0 Å². The Morgan fingerprint density at radius 1 is 1.17 bits per heavy atom. The van der Waals surface area contributed by atoms with Gasteiger partial charge < -0.3 is 10.2 Å². The van der Waals surface area contributed by atoms with Crippen LogP contribution in [-0.4, -0.2) is 37.6 Å². The van der Waals surface area contributed by atoms with E-state index in [0.29, 0.717) is 0 Å². The van der Waals surface area contributed by atoms with Crippen LogP contribution >= 0.6 is 0 Å². The third-order valence-electron chi connectivity index (χ3n) is 3.03. The maximum absolute atomic E-state index is 3.39. The molecule has 2 heteroatoms. The largest absolute Gasteiger partial charge is 0.315 e. The second kappa shape index (κ2) is 4.83. The monoisotopic (exact) mass is 170 g/mol. The molecule has 0 spiro atoms. The Bertz CT molecular complexity index is 117. The molecule has 0 aromatic carbocycles. The van der Waals surface area contributed by atoms with Gasteiger partial charge in [0.05, 0.1) is 0 Å². The number of rotatable bonds is 1. The maximum atomic E-state index is 3.39. The topological polar surface area (TPSA) is 15.3 Å². The second-order valence-electron chi connectivity index (χ2n) is 3.53. The van der Waals surface area contributed by atoms with Gasteiger partial charge >= 0.3 is 0 Å². The van der Waals surface area contributed by atoms with E-state index in [1.165, 1.54) is 32.5 Å². The predicted octanol–water partition coefficient (Wildman–Crippen LogP) is 1.33. The first-order chi connectivity index (χ1) is 5.90. The van der Waals surface area contributed by atoms with Crippen LogP contribution < -0.4 is 5.32 Å². The molecule has 0 radical (unpaired) electrons. The van der Waals surface area contributed by atoms with Crippen molar-refractivity contribution < 1.29 is 0 Å². The van der Waals surface area contributed by atoms with E-state index in [4.69, 9.17) is 0 Å². The van der Waals surface area contributed by atoms with Gasteiger partial charge in [0.1, 0.15) is 0 Å². The van der Waals surface area contributed by atoms with Gasteiger partial charge in [0.25, 0.3) is 0 Å². The molecule has 0 aromatic rings. The Morgan fingerprint density at radius 3 is 2.00 bits per heavy atom. The number of hydrogen-bond donors (Lipinski definition) is 1. The molecule has 0 saturated carbocycles. The fourth-order valence-corrected chi connectivity index (χ4v) is 2.29. The smallest absolute Gasteiger partial charge is 0.0221 e. The van der Waals surface area contributed by atoms with E-state index in [9.17, 15) is 0 Å². The van der Waals surface area contributed by atoms with E-state index in [1.54, 1.807) is 0 Å². The number of nitrogens with zero attached hydrogens (tertiary/aromatic N) is 1. The van der Waals surface area contributed by atoms with Crippen LogP contribution in [0.2, 0.25) is 0 Å². The lowest BCUT2D eigenvalue weighted by Crippen LogP contribution is -2.55. The molecular formula is C10H22N2. The Morgan fingerprint density at radius 2 is 1.75 bits per heavy atom. The Hall–Kier alpha value is -0.0800. The van der Waals surface area contributed by atoms with Crippen molar-refractivity contribution in [3.05, 3.63) is 0 Å². The van der Waals surface area contributed by atoms with E-state index in [2.05, 4.69) is 17.3 Å². The molecule has 1 atom stereocenters. The second-order valence-corrected chi connectivity index (χ2v) is 3.53. The van der Waals surface area contributed by atoms with Crippen LogP contribution in [0.4, 0.5) is 0 Å². The number of likely N-dealkylation sites (N-methyl/N-ethyl adjacent to an activating group) is 1. The van der Waals surface area contributed by atoms with Crippen LogP contribution in [0.25, 0.3) is 0 Å². The SMILES string of the molecule is CC.CNC1CN2CCC1CC2. The van der Waals surface area contributed by atoms with Gasteiger partial charge in [0.2, 0.25) is 0 Å². The molecule has 0 amide bonds. The molecule has 3 fully saturated rings. The van der Waals surface area contributed by atoms with Gasteiger partial charge in [-0.05, 0) is 38.9 Å². The normalized spacial score (nSPS) is 38.8. The van der Waals surface area contributed by atoms with Crippen LogP contribution in [0.3, 0.4) is 0 Å². The van der Waals surface area contributed by atoms with Crippen molar-refractivity contribution in [3.8, 4) is 0 Å². The highest BCUT2D eigenvalue weighted by Gasteiger charge is 2.32. The van der Waals surface area contributed by atoms with Crippen molar-refractivity contribution in [2.75, 3.05) is 26.7 Å². The molecule has 3 heterocycles. The van der Waals surface area contributed by atoms with Crippen molar-refractivity contribution in [3.63, 3.8) is 0 Å². The van der Waals surface area contributed by atoms with E-state index in [-0.39, 0.29) is 0 Å². The van der Waals surface area contributed by atoms with Gasteiger partial charge in [0, 0.05) is 12.6 Å². The third-order valence-corrected chi connectivity index (χ3v) is 3.03. The molecule has 0 aliphatic carbocycles. The summed E-state index contributed by atoms with van der Waals surface area (Å²) in [6.07, 6.45) is 2.84. The molecule has 3 saturated heterocycles. The quantitative estimate of drug-likeness (QED) is 0.638. The molecular weight excluding hydrogens is 148 g/mol. The summed E-state index contributed by atoms with van der Waals surface area (Å²) >= 11 is 0. The van der Waals surface area contributed by atoms with Crippen LogP contribution in [0.5, 0.6) is 0 Å². The molecule has 0 aromatic heterocycles. The van der Waals surface area contributed by atoms with Crippen molar-refractivity contribution in [1.82, 2.24) is 10.2 Å². The first kappa shape index (κ1) is 10.0. The lowest BCUT2D eigenvalue weighted by Gasteiger charge is -2.44. The summed E-state index contributed by atoms with van der Waals surface area (Å²) in [7, 11) is 2.09. The van der Waals surface area contributed by atoms with Crippen molar-refractivity contribution in [2.45, 2.75) is 32.7 Å². The van der Waals surface area contributed by atoms with Gasteiger partial charge in [-0.25, -0.2) is 0 Å². The molecule has 1 N–H and O–H groups in total. The molecule has 2 nitrogen and oxygen atoms in total. The molecule has 3 aliphatic heterocycles. The first-order valence-electron chi connectivity index (χ1n) is 5.30. The van der Waals surface area contributed by atoms with Crippen LogP contribution in [0.1, 0.15) is 26.7 Å². The zero-order valence-corrected chi connectivity index (χ0v) is 8.64.